The van der Waals surface area contributed by atoms with Crippen LogP contribution in [0.2, 0.25) is 0 Å². The van der Waals surface area contributed by atoms with E-state index in [4.69, 9.17) is 10.5 Å². The molecule has 0 unspecified atom stereocenters. The summed E-state index contributed by atoms with van der Waals surface area (Å²) in [5.74, 6) is -1.07. The number of methoxy groups -OCH3 is 1. The monoisotopic (exact) mass is 299 g/mol. The standard InChI is InChI=1S/C14H25N3O4/c1-4-9(2)12(14(20)21-3)16-13(19)10-6-5-7-17(10)11(18)8-15/h9-10,12H,4-8,15H2,1-3H3,(H,16,19)/t9-,10-,12-/m0/s1. The molecular formula is C14H25N3O4. The van der Waals surface area contributed by atoms with Crippen LogP contribution in [0, 0.1) is 5.92 Å². The molecule has 2 amide bonds. The van der Waals surface area contributed by atoms with Crippen LogP contribution >= 0.6 is 0 Å². The van der Waals surface area contributed by atoms with Gasteiger partial charge < -0.3 is 20.7 Å². The molecule has 0 radical (unpaired) electrons. The predicted octanol–water partition coefficient (Wildman–Crippen LogP) is -0.360. The highest BCUT2D eigenvalue weighted by molar-refractivity contribution is 5.91. The highest BCUT2D eigenvalue weighted by Crippen LogP contribution is 2.18. The first-order valence-corrected chi connectivity index (χ1v) is 7.33. The average molecular weight is 299 g/mol. The van der Waals surface area contributed by atoms with E-state index < -0.39 is 18.1 Å². The number of nitrogens with zero attached hydrogens (tertiary/aromatic N) is 1. The fourth-order valence-electron chi connectivity index (χ4n) is 2.50. The van der Waals surface area contributed by atoms with Gasteiger partial charge in [0.1, 0.15) is 12.1 Å². The van der Waals surface area contributed by atoms with Crippen molar-refractivity contribution in [1.82, 2.24) is 10.2 Å². The zero-order chi connectivity index (χ0) is 16.0. The van der Waals surface area contributed by atoms with Gasteiger partial charge in [0.2, 0.25) is 11.8 Å². The molecule has 1 aliphatic heterocycles. The lowest BCUT2D eigenvalue weighted by Crippen LogP contribution is -2.53. The largest absolute Gasteiger partial charge is 0.467 e. The Morgan fingerprint density at radius 2 is 2.10 bits per heavy atom. The third kappa shape index (κ3) is 4.17. The Morgan fingerprint density at radius 3 is 2.62 bits per heavy atom. The molecule has 7 nitrogen and oxygen atoms in total. The Labute approximate surface area is 125 Å². The van der Waals surface area contributed by atoms with E-state index in [1.54, 1.807) is 0 Å². The van der Waals surface area contributed by atoms with Crippen molar-refractivity contribution in [2.24, 2.45) is 11.7 Å². The maximum Gasteiger partial charge on any atom is 0.328 e. The first-order chi connectivity index (χ1) is 9.96. The first kappa shape index (κ1) is 17.4. The molecule has 1 aliphatic rings. The lowest BCUT2D eigenvalue weighted by Gasteiger charge is -2.27. The predicted molar refractivity (Wildman–Crippen MR) is 77.2 cm³/mol. The maximum absolute atomic E-state index is 12.4. The van der Waals surface area contributed by atoms with E-state index in [1.807, 2.05) is 13.8 Å². The van der Waals surface area contributed by atoms with E-state index in [0.29, 0.717) is 13.0 Å². The van der Waals surface area contributed by atoms with Gasteiger partial charge in [-0.1, -0.05) is 20.3 Å². The lowest BCUT2D eigenvalue weighted by atomic mass is 9.98. The van der Waals surface area contributed by atoms with E-state index in [2.05, 4.69) is 5.32 Å². The number of nitrogens with two attached hydrogens (primary N) is 1. The number of amides is 2. The molecule has 3 N–H and O–H groups in total. The molecule has 0 bridgehead atoms. The summed E-state index contributed by atoms with van der Waals surface area (Å²) >= 11 is 0. The molecule has 1 saturated heterocycles. The fraction of sp³-hybridized carbons (Fsp3) is 0.786. The van der Waals surface area contributed by atoms with E-state index >= 15 is 0 Å². The highest BCUT2D eigenvalue weighted by atomic mass is 16.5. The third-order valence-electron chi connectivity index (χ3n) is 4.02. The first-order valence-electron chi connectivity index (χ1n) is 7.33. The van der Waals surface area contributed by atoms with Crippen LogP contribution in [0.5, 0.6) is 0 Å². The Balaban J connectivity index is 2.77. The lowest BCUT2D eigenvalue weighted by molar-refractivity contribution is -0.147. The summed E-state index contributed by atoms with van der Waals surface area (Å²) < 4.78 is 4.74. The number of rotatable bonds is 6. The number of likely N-dealkylation sites (tertiary alicyclic amines) is 1. The molecule has 0 spiro atoms. The van der Waals surface area contributed by atoms with Gasteiger partial charge in [-0.25, -0.2) is 4.79 Å². The molecule has 1 heterocycles. The maximum atomic E-state index is 12.4. The van der Waals surface area contributed by atoms with Gasteiger partial charge in [0.25, 0.3) is 0 Å². The topological polar surface area (TPSA) is 102 Å². The Morgan fingerprint density at radius 1 is 1.43 bits per heavy atom. The molecular weight excluding hydrogens is 274 g/mol. The molecule has 0 aromatic carbocycles. The second-order valence-electron chi connectivity index (χ2n) is 5.34. The summed E-state index contributed by atoms with van der Waals surface area (Å²) in [4.78, 5) is 37.4. The number of ether oxygens (including phenoxy) is 1. The van der Waals surface area contributed by atoms with Gasteiger partial charge in [-0.05, 0) is 18.8 Å². The summed E-state index contributed by atoms with van der Waals surface area (Å²) in [5.41, 5.74) is 5.36. The second-order valence-corrected chi connectivity index (χ2v) is 5.34. The Kier molecular flexibility index (Phi) is 6.61. The molecule has 120 valence electrons. The fourth-order valence-corrected chi connectivity index (χ4v) is 2.50. The van der Waals surface area contributed by atoms with Crippen LogP contribution in [0.15, 0.2) is 0 Å². The summed E-state index contributed by atoms with van der Waals surface area (Å²) in [6.07, 6.45) is 2.08. The number of carbonyl (C=O) groups is 3. The number of hydrogen-bond donors (Lipinski definition) is 2. The molecule has 0 saturated carbocycles. The van der Waals surface area contributed by atoms with Crippen molar-refractivity contribution < 1.29 is 19.1 Å². The van der Waals surface area contributed by atoms with Crippen molar-refractivity contribution in [3.8, 4) is 0 Å². The van der Waals surface area contributed by atoms with E-state index in [0.717, 1.165) is 12.8 Å². The molecule has 3 atom stereocenters. The summed E-state index contributed by atoms with van der Waals surface area (Å²) in [6, 6.07) is -1.24. The van der Waals surface area contributed by atoms with Crippen molar-refractivity contribution in [1.29, 1.82) is 0 Å². The van der Waals surface area contributed by atoms with Crippen LogP contribution in [0.25, 0.3) is 0 Å². The molecule has 21 heavy (non-hydrogen) atoms. The van der Waals surface area contributed by atoms with Gasteiger partial charge in [-0.3, -0.25) is 9.59 Å². The van der Waals surface area contributed by atoms with Crippen LogP contribution in [0.4, 0.5) is 0 Å². The highest BCUT2D eigenvalue weighted by Gasteiger charge is 2.36. The smallest absolute Gasteiger partial charge is 0.328 e. The van der Waals surface area contributed by atoms with Crippen LogP contribution < -0.4 is 11.1 Å². The van der Waals surface area contributed by atoms with E-state index in [1.165, 1.54) is 12.0 Å². The molecule has 0 aliphatic carbocycles. The summed E-state index contributed by atoms with van der Waals surface area (Å²) in [5, 5.41) is 2.72. The third-order valence-corrected chi connectivity index (χ3v) is 4.02. The molecule has 7 heteroatoms. The molecule has 0 aromatic rings. The summed E-state index contributed by atoms with van der Waals surface area (Å²) in [7, 11) is 1.30. The van der Waals surface area contributed by atoms with Crippen LogP contribution in [0.3, 0.4) is 0 Å². The molecule has 1 rings (SSSR count). The van der Waals surface area contributed by atoms with E-state index in [9.17, 15) is 14.4 Å². The minimum Gasteiger partial charge on any atom is -0.467 e. The van der Waals surface area contributed by atoms with Gasteiger partial charge in [0.15, 0.2) is 0 Å². The molecule has 1 fully saturated rings. The van der Waals surface area contributed by atoms with Gasteiger partial charge >= 0.3 is 5.97 Å². The summed E-state index contributed by atoms with van der Waals surface area (Å²) in [6.45, 7) is 4.22. The average Bonchev–Trinajstić information content (AvgIpc) is 2.99. The van der Waals surface area contributed by atoms with Crippen molar-refractivity contribution in [3.63, 3.8) is 0 Å². The number of carbonyl (C=O) groups excluding carboxylic acids is 3. The zero-order valence-corrected chi connectivity index (χ0v) is 12.9. The number of nitrogens with one attached hydrogen (secondary N) is 1. The van der Waals surface area contributed by atoms with Crippen LogP contribution in [0.1, 0.15) is 33.1 Å². The van der Waals surface area contributed by atoms with Crippen molar-refractivity contribution in [2.45, 2.75) is 45.2 Å². The molecule has 0 aromatic heterocycles. The van der Waals surface area contributed by atoms with Crippen molar-refractivity contribution in [2.75, 3.05) is 20.2 Å². The number of esters is 1. The van der Waals surface area contributed by atoms with Crippen LogP contribution in [-0.4, -0.2) is 55.0 Å². The van der Waals surface area contributed by atoms with Crippen molar-refractivity contribution >= 4 is 17.8 Å². The SMILES string of the molecule is CC[C@H](C)[C@H](NC(=O)[C@@H]1CCCN1C(=O)CN)C(=O)OC. The van der Waals surface area contributed by atoms with Gasteiger partial charge in [-0.15, -0.1) is 0 Å². The van der Waals surface area contributed by atoms with Crippen LogP contribution in [-0.2, 0) is 19.1 Å². The van der Waals surface area contributed by atoms with Crippen molar-refractivity contribution in [3.05, 3.63) is 0 Å². The quantitative estimate of drug-likeness (QED) is 0.652. The normalized spacial score (nSPS) is 20.8. The minimum absolute atomic E-state index is 0.0403. The Hall–Kier alpha value is -1.63. The van der Waals surface area contributed by atoms with Gasteiger partial charge in [-0.2, -0.15) is 0 Å². The van der Waals surface area contributed by atoms with Gasteiger partial charge in [0, 0.05) is 6.54 Å². The van der Waals surface area contributed by atoms with E-state index in [-0.39, 0.29) is 24.3 Å². The van der Waals surface area contributed by atoms with Gasteiger partial charge in [0.05, 0.1) is 13.7 Å². The minimum atomic E-state index is -0.692. The second kappa shape index (κ2) is 7.97. The Bertz CT molecular complexity index is 400. The zero-order valence-electron chi connectivity index (χ0n) is 12.9. The number of hydrogen-bond acceptors (Lipinski definition) is 5.